The fraction of sp³-hybridized carbons (Fsp3) is 0.250. The van der Waals surface area contributed by atoms with Crippen molar-refractivity contribution < 1.29 is 0 Å². The van der Waals surface area contributed by atoms with Crippen molar-refractivity contribution in [2.75, 3.05) is 0 Å². The first-order valence-corrected chi connectivity index (χ1v) is 3.12. The summed E-state index contributed by atoms with van der Waals surface area (Å²) in [6, 6.07) is 0. The summed E-state index contributed by atoms with van der Waals surface area (Å²) in [5.74, 6) is 0. The molecule has 1 aliphatic heterocycles. The van der Waals surface area contributed by atoms with Gasteiger partial charge in [-0.25, -0.2) is 0 Å². The van der Waals surface area contributed by atoms with Crippen LogP contribution in [0.15, 0.2) is 28.8 Å². The molecule has 0 atom stereocenters. The Hall–Kier alpha value is -0.850. The SMILES string of the molecule is [C]1CC2=CC=CCC2=N1. The van der Waals surface area contributed by atoms with Gasteiger partial charge in [-0.2, -0.15) is 0 Å². The summed E-state index contributed by atoms with van der Waals surface area (Å²) in [7, 11) is 0. The number of hydrogen-bond acceptors (Lipinski definition) is 1. The van der Waals surface area contributed by atoms with Gasteiger partial charge in [0.1, 0.15) is 6.54 Å². The van der Waals surface area contributed by atoms with Gasteiger partial charge in [0.25, 0.3) is 0 Å². The monoisotopic (exact) mass is 117 g/mol. The molecule has 0 amide bonds. The van der Waals surface area contributed by atoms with E-state index < -0.39 is 0 Å². The number of nitrogens with zero attached hydrogens (tertiary/aromatic N) is 1. The van der Waals surface area contributed by atoms with Gasteiger partial charge >= 0.3 is 0 Å². The first-order chi connectivity index (χ1) is 4.47. The molecule has 2 radical (unpaired) electrons. The Labute approximate surface area is 54.8 Å². The second kappa shape index (κ2) is 1.83. The molecule has 0 fully saturated rings. The highest BCUT2D eigenvalue weighted by atomic mass is 14.8. The van der Waals surface area contributed by atoms with Crippen LogP contribution < -0.4 is 0 Å². The van der Waals surface area contributed by atoms with E-state index in [0.29, 0.717) is 0 Å². The third-order valence-corrected chi connectivity index (χ3v) is 1.60. The molecule has 1 aliphatic carbocycles. The molecule has 44 valence electrons. The minimum Gasteiger partial charge on any atom is -0.277 e. The number of aliphatic imine (C=N–C) groups is 1. The zero-order valence-electron chi connectivity index (χ0n) is 5.09. The van der Waals surface area contributed by atoms with E-state index >= 15 is 0 Å². The topological polar surface area (TPSA) is 12.4 Å². The second-order valence-electron chi connectivity index (χ2n) is 2.22. The summed E-state index contributed by atoms with van der Waals surface area (Å²) in [6.45, 7) is 2.94. The predicted molar refractivity (Wildman–Crippen MR) is 37.1 cm³/mol. The maximum Gasteiger partial charge on any atom is 0.121 e. The minimum atomic E-state index is 0.916. The van der Waals surface area contributed by atoms with Crippen LogP contribution in [0.25, 0.3) is 0 Å². The van der Waals surface area contributed by atoms with Crippen LogP contribution in [0.2, 0.25) is 0 Å². The molecule has 2 rings (SSSR count). The first-order valence-electron chi connectivity index (χ1n) is 3.12. The molecule has 0 N–H and O–H groups in total. The Morgan fingerprint density at radius 3 is 3.44 bits per heavy atom. The number of rotatable bonds is 0. The Kier molecular flexibility index (Phi) is 1.01. The van der Waals surface area contributed by atoms with Crippen molar-refractivity contribution >= 4 is 5.71 Å². The van der Waals surface area contributed by atoms with E-state index in [1.807, 2.05) is 0 Å². The van der Waals surface area contributed by atoms with Gasteiger partial charge < -0.3 is 0 Å². The summed E-state index contributed by atoms with van der Waals surface area (Å²) < 4.78 is 0. The van der Waals surface area contributed by atoms with Crippen molar-refractivity contribution in [3.05, 3.63) is 30.3 Å². The maximum absolute atomic E-state index is 4.10. The van der Waals surface area contributed by atoms with Crippen molar-refractivity contribution in [1.29, 1.82) is 0 Å². The van der Waals surface area contributed by atoms with Crippen molar-refractivity contribution in [2.24, 2.45) is 4.99 Å². The molecule has 2 aliphatic rings. The van der Waals surface area contributed by atoms with Crippen LogP contribution in [0, 0.1) is 6.54 Å². The average molecular weight is 117 g/mol. The summed E-state index contributed by atoms with van der Waals surface area (Å²) in [4.78, 5) is 4.10. The van der Waals surface area contributed by atoms with E-state index in [9.17, 15) is 0 Å². The highest BCUT2D eigenvalue weighted by Gasteiger charge is 2.13. The molecule has 1 heteroatoms. The molecule has 0 bridgehead atoms. The zero-order valence-corrected chi connectivity index (χ0v) is 5.09. The summed E-state index contributed by atoms with van der Waals surface area (Å²) in [5.41, 5.74) is 2.55. The number of hydrogen-bond donors (Lipinski definition) is 0. The second-order valence-corrected chi connectivity index (χ2v) is 2.22. The van der Waals surface area contributed by atoms with Gasteiger partial charge in [-0.15, -0.1) is 0 Å². The first kappa shape index (κ1) is 4.98. The van der Waals surface area contributed by atoms with Gasteiger partial charge in [0, 0.05) is 18.6 Å². The summed E-state index contributed by atoms with van der Waals surface area (Å²) in [6.07, 6.45) is 8.23. The largest absolute Gasteiger partial charge is 0.277 e. The lowest BCUT2D eigenvalue weighted by atomic mass is 10.0. The van der Waals surface area contributed by atoms with Crippen molar-refractivity contribution in [2.45, 2.75) is 12.8 Å². The van der Waals surface area contributed by atoms with E-state index in [-0.39, 0.29) is 0 Å². The van der Waals surface area contributed by atoms with Crippen LogP contribution >= 0.6 is 0 Å². The van der Waals surface area contributed by atoms with Gasteiger partial charge in [0.15, 0.2) is 0 Å². The minimum absolute atomic E-state index is 0.916. The number of fused-ring (bicyclic) bond motifs is 1. The Morgan fingerprint density at radius 2 is 2.56 bits per heavy atom. The van der Waals surface area contributed by atoms with E-state index in [0.717, 1.165) is 12.8 Å². The highest BCUT2D eigenvalue weighted by molar-refractivity contribution is 6.04. The lowest BCUT2D eigenvalue weighted by Crippen LogP contribution is -1.97. The van der Waals surface area contributed by atoms with Crippen LogP contribution in [0.1, 0.15) is 12.8 Å². The number of allylic oxidation sites excluding steroid dienone is 3. The highest BCUT2D eigenvalue weighted by Crippen LogP contribution is 2.21. The van der Waals surface area contributed by atoms with Gasteiger partial charge in [0.05, 0.1) is 0 Å². The maximum atomic E-state index is 4.10. The van der Waals surface area contributed by atoms with Gasteiger partial charge in [0.2, 0.25) is 0 Å². The summed E-state index contributed by atoms with van der Waals surface area (Å²) in [5, 5.41) is 0. The quantitative estimate of drug-likeness (QED) is 0.458. The van der Waals surface area contributed by atoms with E-state index in [2.05, 4.69) is 29.8 Å². The zero-order chi connectivity index (χ0) is 6.10. The lowest BCUT2D eigenvalue weighted by Gasteiger charge is -2.01. The summed E-state index contributed by atoms with van der Waals surface area (Å²) >= 11 is 0. The molecule has 0 aromatic carbocycles. The van der Waals surface area contributed by atoms with Crippen molar-refractivity contribution in [1.82, 2.24) is 0 Å². The molecule has 0 aromatic heterocycles. The molecule has 0 spiro atoms. The molecular formula is C8H7N. The van der Waals surface area contributed by atoms with Crippen LogP contribution in [-0.2, 0) is 0 Å². The van der Waals surface area contributed by atoms with Crippen molar-refractivity contribution in [3.63, 3.8) is 0 Å². The smallest absolute Gasteiger partial charge is 0.121 e. The van der Waals surface area contributed by atoms with Gasteiger partial charge in [-0.05, 0) is 5.57 Å². The third-order valence-electron chi connectivity index (χ3n) is 1.60. The van der Waals surface area contributed by atoms with Gasteiger partial charge in [-0.1, -0.05) is 18.2 Å². The molecule has 1 nitrogen and oxygen atoms in total. The molecule has 0 unspecified atom stereocenters. The van der Waals surface area contributed by atoms with Crippen molar-refractivity contribution in [3.8, 4) is 0 Å². The molecular weight excluding hydrogens is 110 g/mol. The molecule has 0 saturated heterocycles. The van der Waals surface area contributed by atoms with Crippen LogP contribution in [0.3, 0.4) is 0 Å². The fourth-order valence-electron chi connectivity index (χ4n) is 1.09. The normalized spacial score (nSPS) is 23.1. The Morgan fingerprint density at radius 1 is 1.56 bits per heavy atom. The molecule has 0 aromatic rings. The average Bonchev–Trinajstić information content (AvgIpc) is 2.33. The van der Waals surface area contributed by atoms with Crippen LogP contribution in [0.4, 0.5) is 0 Å². The van der Waals surface area contributed by atoms with E-state index in [1.165, 1.54) is 11.3 Å². The third kappa shape index (κ3) is 0.727. The Balaban J connectivity index is 2.37. The molecule has 9 heavy (non-hydrogen) atoms. The lowest BCUT2D eigenvalue weighted by molar-refractivity contribution is 1.20. The van der Waals surface area contributed by atoms with Crippen LogP contribution in [-0.4, -0.2) is 5.71 Å². The fourth-order valence-corrected chi connectivity index (χ4v) is 1.09. The van der Waals surface area contributed by atoms with Gasteiger partial charge in [-0.3, -0.25) is 4.99 Å². The Bertz CT molecular complexity index is 209. The molecule has 1 heterocycles. The van der Waals surface area contributed by atoms with E-state index in [4.69, 9.17) is 0 Å². The van der Waals surface area contributed by atoms with E-state index in [1.54, 1.807) is 0 Å². The predicted octanol–water partition coefficient (Wildman–Crippen LogP) is 1.76. The molecule has 0 saturated carbocycles. The van der Waals surface area contributed by atoms with Crippen LogP contribution in [0.5, 0.6) is 0 Å². The standard InChI is InChI=1S/C8H7N/c1-2-4-8-7(3-1)5-6-9-8/h1-3H,4-5H2.